The zero-order valence-corrected chi connectivity index (χ0v) is 12.0. The molecule has 1 fully saturated rings. The predicted molar refractivity (Wildman–Crippen MR) is 78.9 cm³/mol. The highest BCUT2D eigenvalue weighted by Gasteiger charge is 2.30. The van der Waals surface area contributed by atoms with Crippen molar-refractivity contribution in [2.75, 3.05) is 13.6 Å². The smallest absolute Gasteiger partial charge is 0.247 e. The van der Waals surface area contributed by atoms with E-state index in [4.69, 9.17) is 0 Å². The van der Waals surface area contributed by atoms with Crippen molar-refractivity contribution < 1.29 is 14.0 Å². The summed E-state index contributed by atoms with van der Waals surface area (Å²) in [4.78, 5) is 25.7. The van der Waals surface area contributed by atoms with E-state index < -0.39 is 6.04 Å². The molecule has 0 aliphatic carbocycles. The van der Waals surface area contributed by atoms with E-state index in [0.29, 0.717) is 13.0 Å². The molecule has 1 unspecified atom stereocenters. The molecule has 1 aliphatic rings. The average Bonchev–Trinajstić information content (AvgIpc) is 2.53. The maximum atomic E-state index is 12.8. The monoisotopic (exact) mass is 290 g/mol. The fourth-order valence-electron chi connectivity index (χ4n) is 2.47. The Morgan fingerprint density at radius 3 is 2.67 bits per heavy atom. The van der Waals surface area contributed by atoms with Crippen LogP contribution in [-0.2, 0) is 9.59 Å². The third kappa shape index (κ3) is 3.90. The van der Waals surface area contributed by atoms with Crippen LogP contribution in [0.4, 0.5) is 4.39 Å². The number of hydrogen-bond acceptors (Lipinski definition) is 2. The van der Waals surface area contributed by atoms with Gasteiger partial charge in [-0.1, -0.05) is 12.1 Å². The van der Waals surface area contributed by atoms with Gasteiger partial charge in [0, 0.05) is 19.7 Å². The molecule has 1 saturated heterocycles. The molecule has 1 N–H and O–H groups in total. The van der Waals surface area contributed by atoms with Crippen molar-refractivity contribution in [1.29, 1.82) is 0 Å². The fraction of sp³-hybridized carbons (Fsp3) is 0.375. The zero-order chi connectivity index (χ0) is 15.2. The normalized spacial score (nSPS) is 18.8. The minimum Gasteiger partial charge on any atom is -0.357 e. The number of rotatable bonds is 3. The number of nitrogens with one attached hydrogen (secondary N) is 1. The lowest BCUT2D eigenvalue weighted by Gasteiger charge is -2.33. The summed E-state index contributed by atoms with van der Waals surface area (Å²) in [6, 6.07) is 5.50. The second-order valence-corrected chi connectivity index (χ2v) is 5.04. The van der Waals surface area contributed by atoms with Crippen LogP contribution in [0.3, 0.4) is 0 Å². The average molecular weight is 290 g/mol. The van der Waals surface area contributed by atoms with Crippen LogP contribution in [0.15, 0.2) is 30.3 Å². The van der Waals surface area contributed by atoms with E-state index in [0.717, 1.165) is 18.4 Å². The van der Waals surface area contributed by atoms with Gasteiger partial charge in [0.1, 0.15) is 11.9 Å². The molecule has 0 saturated carbocycles. The Bertz CT molecular complexity index is 540. The zero-order valence-electron chi connectivity index (χ0n) is 12.0. The Kier molecular flexibility index (Phi) is 5.09. The number of likely N-dealkylation sites (N-methyl/N-ethyl adjacent to an activating group) is 1. The first-order valence-electron chi connectivity index (χ1n) is 7.07. The topological polar surface area (TPSA) is 49.4 Å². The number of carbonyl (C=O) groups is 2. The summed E-state index contributed by atoms with van der Waals surface area (Å²) < 4.78 is 12.8. The molecule has 0 spiro atoms. The number of carbonyl (C=O) groups excluding carboxylic acids is 2. The molecule has 21 heavy (non-hydrogen) atoms. The SMILES string of the molecule is CNC(=O)C1CCCCN1C(=O)C=Cc1ccc(F)cc1. The number of amides is 2. The molecular weight excluding hydrogens is 271 g/mol. The molecule has 0 radical (unpaired) electrons. The first kappa shape index (κ1) is 15.2. The molecule has 2 rings (SSSR count). The van der Waals surface area contributed by atoms with Gasteiger partial charge in [-0.2, -0.15) is 0 Å². The van der Waals surface area contributed by atoms with Crippen LogP contribution in [0.1, 0.15) is 24.8 Å². The summed E-state index contributed by atoms with van der Waals surface area (Å²) in [7, 11) is 1.58. The van der Waals surface area contributed by atoms with E-state index in [9.17, 15) is 14.0 Å². The fourth-order valence-corrected chi connectivity index (χ4v) is 2.47. The highest BCUT2D eigenvalue weighted by molar-refractivity contribution is 5.95. The van der Waals surface area contributed by atoms with Crippen molar-refractivity contribution in [3.63, 3.8) is 0 Å². The number of halogens is 1. The number of benzene rings is 1. The van der Waals surface area contributed by atoms with E-state index >= 15 is 0 Å². The first-order chi connectivity index (χ1) is 10.1. The third-order valence-corrected chi connectivity index (χ3v) is 3.62. The lowest BCUT2D eigenvalue weighted by Crippen LogP contribution is -2.50. The summed E-state index contributed by atoms with van der Waals surface area (Å²) in [5.74, 6) is -0.625. The molecule has 5 heteroatoms. The van der Waals surface area contributed by atoms with E-state index in [1.165, 1.54) is 18.2 Å². The van der Waals surface area contributed by atoms with Gasteiger partial charge in [0.2, 0.25) is 11.8 Å². The van der Waals surface area contributed by atoms with Gasteiger partial charge in [0.15, 0.2) is 0 Å². The highest BCUT2D eigenvalue weighted by Crippen LogP contribution is 2.18. The Balaban J connectivity index is 2.06. The molecule has 1 atom stereocenters. The van der Waals surface area contributed by atoms with Crippen LogP contribution in [0.2, 0.25) is 0 Å². The standard InChI is InChI=1S/C16H19FN2O2/c1-18-16(21)14-4-2-3-11-19(14)15(20)10-7-12-5-8-13(17)9-6-12/h5-10,14H,2-4,11H2,1H3,(H,18,21). The number of likely N-dealkylation sites (tertiary alicyclic amines) is 1. The van der Waals surface area contributed by atoms with Gasteiger partial charge < -0.3 is 10.2 Å². The Hall–Kier alpha value is -2.17. The van der Waals surface area contributed by atoms with Crippen molar-refractivity contribution in [2.24, 2.45) is 0 Å². The molecule has 1 aromatic carbocycles. The number of nitrogens with zero attached hydrogens (tertiary/aromatic N) is 1. The Morgan fingerprint density at radius 1 is 1.29 bits per heavy atom. The maximum absolute atomic E-state index is 12.8. The molecule has 2 amide bonds. The lowest BCUT2D eigenvalue weighted by atomic mass is 10.0. The summed E-state index contributed by atoms with van der Waals surface area (Å²) in [5, 5.41) is 2.60. The molecular formula is C16H19FN2O2. The van der Waals surface area contributed by atoms with Crippen molar-refractivity contribution in [1.82, 2.24) is 10.2 Å². The lowest BCUT2D eigenvalue weighted by molar-refractivity contribution is -0.138. The van der Waals surface area contributed by atoms with E-state index in [1.54, 1.807) is 30.2 Å². The molecule has 4 nitrogen and oxygen atoms in total. The molecule has 0 bridgehead atoms. The van der Waals surface area contributed by atoms with Gasteiger partial charge in [0.05, 0.1) is 0 Å². The molecule has 112 valence electrons. The van der Waals surface area contributed by atoms with Crippen LogP contribution in [0.5, 0.6) is 0 Å². The van der Waals surface area contributed by atoms with Crippen molar-refractivity contribution in [3.8, 4) is 0 Å². The van der Waals surface area contributed by atoms with Crippen LogP contribution >= 0.6 is 0 Å². The Labute approximate surface area is 123 Å². The minimum atomic E-state index is -0.394. The summed E-state index contributed by atoms with van der Waals surface area (Å²) in [5.41, 5.74) is 0.748. The number of hydrogen-bond donors (Lipinski definition) is 1. The quantitative estimate of drug-likeness (QED) is 0.865. The predicted octanol–water partition coefficient (Wildman–Crippen LogP) is 1.97. The van der Waals surface area contributed by atoms with Crippen LogP contribution < -0.4 is 5.32 Å². The van der Waals surface area contributed by atoms with Crippen LogP contribution in [0.25, 0.3) is 6.08 Å². The summed E-state index contributed by atoms with van der Waals surface area (Å²) in [6.45, 7) is 0.588. The summed E-state index contributed by atoms with van der Waals surface area (Å²) in [6.07, 6.45) is 5.62. The maximum Gasteiger partial charge on any atom is 0.247 e. The second-order valence-electron chi connectivity index (χ2n) is 5.04. The third-order valence-electron chi connectivity index (χ3n) is 3.62. The molecule has 0 aromatic heterocycles. The van der Waals surface area contributed by atoms with Gasteiger partial charge in [0.25, 0.3) is 0 Å². The van der Waals surface area contributed by atoms with Crippen molar-refractivity contribution in [2.45, 2.75) is 25.3 Å². The van der Waals surface area contributed by atoms with Gasteiger partial charge in [-0.3, -0.25) is 9.59 Å². The highest BCUT2D eigenvalue weighted by atomic mass is 19.1. The van der Waals surface area contributed by atoms with Crippen molar-refractivity contribution >= 4 is 17.9 Å². The molecule has 1 aromatic rings. The first-order valence-corrected chi connectivity index (χ1v) is 7.07. The van der Waals surface area contributed by atoms with Gasteiger partial charge in [-0.15, -0.1) is 0 Å². The second kappa shape index (κ2) is 7.02. The van der Waals surface area contributed by atoms with Crippen LogP contribution in [0, 0.1) is 5.82 Å². The van der Waals surface area contributed by atoms with E-state index in [-0.39, 0.29) is 17.6 Å². The largest absolute Gasteiger partial charge is 0.357 e. The number of piperidine rings is 1. The minimum absolute atomic E-state index is 0.127. The molecule has 1 aliphatic heterocycles. The van der Waals surface area contributed by atoms with Gasteiger partial charge >= 0.3 is 0 Å². The summed E-state index contributed by atoms with van der Waals surface area (Å²) >= 11 is 0. The molecule has 1 heterocycles. The Morgan fingerprint density at radius 2 is 2.00 bits per heavy atom. The van der Waals surface area contributed by atoms with E-state index in [2.05, 4.69) is 5.32 Å². The van der Waals surface area contributed by atoms with Gasteiger partial charge in [-0.25, -0.2) is 4.39 Å². The van der Waals surface area contributed by atoms with Gasteiger partial charge in [-0.05, 0) is 43.0 Å². The van der Waals surface area contributed by atoms with E-state index in [1.807, 2.05) is 0 Å². The van der Waals surface area contributed by atoms with Crippen molar-refractivity contribution in [3.05, 3.63) is 41.7 Å². The van der Waals surface area contributed by atoms with Crippen LogP contribution in [-0.4, -0.2) is 36.3 Å².